The average molecular weight is 298 g/mol. The van der Waals surface area contributed by atoms with E-state index in [2.05, 4.69) is 18.2 Å². The molecule has 0 saturated heterocycles. The van der Waals surface area contributed by atoms with Crippen molar-refractivity contribution in [3.05, 3.63) is 29.8 Å². The number of hydrogen-bond acceptors (Lipinski definition) is 5. The van der Waals surface area contributed by atoms with E-state index in [1.165, 1.54) is 9.96 Å². The van der Waals surface area contributed by atoms with Crippen molar-refractivity contribution in [3.8, 4) is 0 Å². The summed E-state index contributed by atoms with van der Waals surface area (Å²) in [7, 11) is 1.67. The molecule has 114 valence electrons. The number of hydrogen-bond donors (Lipinski definition) is 2. The molecule has 1 aromatic rings. The highest BCUT2D eigenvalue weighted by Crippen LogP contribution is 2.24. The van der Waals surface area contributed by atoms with Gasteiger partial charge in [0.05, 0.1) is 6.61 Å². The van der Waals surface area contributed by atoms with Crippen molar-refractivity contribution >= 4 is 11.9 Å². The molecule has 1 rings (SSSR count). The molecular formula is C15H26N2O2S. The number of benzene rings is 1. The van der Waals surface area contributed by atoms with Crippen molar-refractivity contribution in [2.24, 2.45) is 5.92 Å². The van der Waals surface area contributed by atoms with E-state index in [1.807, 2.05) is 24.3 Å². The van der Waals surface area contributed by atoms with E-state index >= 15 is 0 Å². The fraction of sp³-hybridized carbons (Fsp3) is 0.600. The van der Waals surface area contributed by atoms with Gasteiger partial charge in [-0.1, -0.05) is 26.0 Å². The minimum Gasteiger partial charge on any atom is -0.392 e. The fourth-order valence-corrected chi connectivity index (χ4v) is 3.01. The molecule has 0 aliphatic heterocycles. The maximum atomic E-state index is 9.18. The number of aliphatic hydroxyl groups is 1. The Kier molecular flexibility index (Phi) is 8.18. The monoisotopic (exact) mass is 298 g/mol. The Morgan fingerprint density at radius 1 is 1.15 bits per heavy atom. The molecule has 0 spiro atoms. The van der Waals surface area contributed by atoms with Crippen molar-refractivity contribution in [1.82, 2.24) is 9.37 Å². The summed E-state index contributed by atoms with van der Waals surface area (Å²) >= 11 is 1.74. The summed E-state index contributed by atoms with van der Waals surface area (Å²) in [4.78, 5) is 1.18. The van der Waals surface area contributed by atoms with Gasteiger partial charge in [0.15, 0.2) is 0 Å². The molecule has 0 saturated carbocycles. The van der Waals surface area contributed by atoms with Crippen molar-refractivity contribution in [3.63, 3.8) is 0 Å². The molecule has 0 aromatic heterocycles. The Labute approximate surface area is 126 Å². The first-order valence-corrected chi connectivity index (χ1v) is 7.81. The summed E-state index contributed by atoms with van der Waals surface area (Å²) < 4.78 is 2.34. The van der Waals surface area contributed by atoms with Crippen LogP contribution >= 0.6 is 11.9 Å². The van der Waals surface area contributed by atoms with Crippen LogP contribution in [0.5, 0.6) is 0 Å². The van der Waals surface area contributed by atoms with Gasteiger partial charge in [-0.2, -0.15) is 5.06 Å². The zero-order valence-corrected chi connectivity index (χ0v) is 13.4. The molecule has 0 atom stereocenters. The second-order valence-corrected chi connectivity index (χ2v) is 6.58. The van der Waals surface area contributed by atoms with Crippen molar-refractivity contribution in [1.29, 1.82) is 0 Å². The van der Waals surface area contributed by atoms with E-state index < -0.39 is 0 Å². The molecule has 4 nitrogen and oxygen atoms in total. The summed E-state index contributed by atoms with van der Waals surface area (Å²) in [5.74, 6) is 0.603. The SMILES string of the molecule is CC(C)CN(CCCN(C)O)Sc1ccc(CO)cc1. The van der Waals surface area contributed by atoms with Crippen LogP contribution in [0.25, 0.3) is 0 Å². The number of aliphatic hydroxyl groups excluding tert-OH is 1. The lowest BCUT2D eigenvalue weighted by Crippen LogP contribution is -2.25. The van der Waals surface area contributed by atoms with Gasteiger partial charge in [-0.15, -0.1) is 0 Å². The van der Waals surface area contributed by atoms with E-state index in [4.69, 9.17) is 5.11 Å². The van der Waals surface area contributed by atoms with E-state index in [0.29, 0.717) is 12.5 Å². The number of hydroxylamine groups is 2. The Morgan fingerprint density at radius 3 is 2.30 bits per heavy atom. The number of nitrogens with zero attached hydrogens (tertiary/aromatic N) is 2. The number of rotatable bonds is 9. The highest BCUT2D eigenvalue weighted by Gasteiger charge is 2.09. The van der Waals surface area contributed by atoms with Gasteiger partial charge >= 0.3 is 0 Å². The van der Waals surface area contributed by atoms with Crippen LogP contribution in [0.4, 0.5) is 0 Å². The summed E-state index contributed by atoms with van der Waals surface area (Å²) in [5, 5.41) is 19.5. The minimum atomic E-state index is 0.0868. The molecule has 20 heavy (non-hydrogen) atoms. The summed E-state index contributed by atoms with van der Waals surface area (Å²) in [6.07, 6.45) is 0.932. The average Bonchev–Trinajstić information content (AvgIpc) is 2.38. The minimum absolute atomic E-state index is 0.0868. The standard InChI is InChI=1S/C15H26N2O2S/c1-13(2)11-17(10-4-9-16(3)19)20-15-7-5-14(12-18)6-8-15/h5-8,13,18-19H,4,9-12H2,1-3H3. The van der Waals surface area contributed by atoms with Crippen LogP contribution in [0.2, 0.25) is 0 Å². The lowest BCUT2D eigenvalue weighted by atomic mass is 10.2. The third-order valence-corrected chi connectivity index (χ3v) is 3.87. The maximum Gasteiger partial charge on any atom is 0.0681 e. The predicted molar refractivity (Wildman–Crippen MR) is 83.7 cm³/mol. The normalized spacial score (nSPS) is 11.8. The molecule has 0 radical (unpaired) electrons. The van der Waals surface area contributed by atoms with Gasteiger partial charge in [0.25, 0.3) is 0 Å². The van der Waals surface area contributed by atoms with Gasteiger partial charge in [0.2, 0.25) is 0 Å². The van der Waals surface area contributed by atoms with Crippen LogP contribution in [0.3, 0.4) is 0 Å². The van der Waals surface area contributed by atoms with E-state index in [1.54, 1.807) is 19.0 Å². The van der Waals surface area contributed by atoms with Gasteiger partial charge in [-0.3, -0.25) is 0 Å². The first kappa shape index (κ1) is 17.5. The predicted octanol–water partition coefficient (Wildman–Crippen LogP) is 2.86. The van der Waals surface area contributed by atoms with Gasteiger partial charge in [0, 0.05) is 31.6 Å². The summed E-state index contributed by atoms with van der Waals surface area (Å²) in [5.41, 5.74) is 0.937. The highest BCUT2D eigenvalue weighted by atomic mass is 32.2. The van der Waals surface area contributed by atoms with Crippen LogP contribution < -0.4 is 0 Å². The first-order chi connectivity index (χ1) is 9.51. The molecule has 0 aliphatic carbocycles. The van der Waals surface area contributed by atoms with Crippen LogP contribution in [-0.2, 0) is 6.61 Å². The van der Waals surface area contributed by atoms with Crippen molar-refractivity contribution in [2.75, 3.05) is 26.7 Å². The van der Waals surface area contributed by atoms with Gasteiger partial charge in [-0.05, 0) is 42.0 Å². The topological polar surface area (TPSA) is 46.9 Å². The third kappa shape index (κ3) is 7.26. The van der Waals surface area contributed by atoms with Gasteiger partial charge < -0.3 is 10.3 Å². The maximum absolute atomic E-state index is 9.18. The lowest BCUT2D eigenvalue weighted by molar-refractivity contribution is -0.0657. The molecule has 0 bridgehead atoms. The van der Waals surface area contributed by atoms with Crippen LogP contribution in [-0.4, -0.2) is 46.4 Å². The molecule has 5 heteroatoms. The molecule has 0 aliphatic rings. The van der Waals surface area contributed by atoms with Gasteiger partial charge in [0.1, 0.15) is 0 Å². The third-order valence-electron chi connectivity index (χ3n) is 2.80. The van der Waals surface area contributed by atoms with E-state index in [9.17, 15) is 5.21 Å². The zero-order valence-electron chi connectivity index (χ0n) is 12.6. The lowest BCUT2D eigenvalue weighted by Gasteiger charge is -2.23. The van der Waals surface area contributed by atoms with Crippen LogP contribution in [0.1, 0.15) is 25.8 Å². The fourth-order valence-electron chi connectivity index (χ4n) is 1.86. The Bertz CT molecular complexity index is 369. The Morgan fingerprint density at radius 2 is 1.80 bits per heavy atom. The van der Waals surface area contributed by atoms with Gasteiger partial charge in [-0.25, -0.2) is 4.31 Å². The second-order valence-electron chi connectivity index (χ2n) is 5.41. The Balaban J connectivity index is 2.53. The molecule has 0 unspecified atom stereocenters. The van der Waals surface area contributed by atoms with Crippen molar-refractivity contribution in [2.45, 2.75) is 31.8 Å². The molecule has 0 amide bonds. The quantitative estimate of drug-likeness (QED) is 0.542. The van der Waals surface area contributed by atoms with Crippen molar-refractivity contribution < 1.29 is 10.3 Å². The molecule has 0 heterocycles. The molecular weight excluding hydrogens is 272 g/mol. The summed E-state index contributed by atoms with van der Waals surface area (Å²) in [6, 6.07) is 8.00. The largest absolute Gasteiger partial charge is 0.392 e. The Hall–Kier alpha value is -0.590. The smallest absolute Gasteiger partial charge is 0.0681 e. The zero-order chi connectivity index (χ0) is 15.0. The van der Waals surface area contributed by atoms with Crippen LogP contribution in [0.15, 0.2) is 29.2 Å². The molecule has 1 aromatic carbocycles. The molecule has 2 N–H and O–H groups in total. The molecule has 0 fully saturated rings. The summed E-state index contributed by atoms with van der Waals surface area (Å²) in [6.45, 7) is 7.14. The first-order valence-electron chi connectivity index (χ1n) is 7.04. The highest BCUT2D eigenvalue weighted by molar-refractivity contribution is 7.97. The van der Waals surface area contributed by atoms with E-state index in [0.717, 1.165) is 25.1 Å². The van der Waals surface area contributed by atoms with E-state index in [-0.39, 0.29) is 6.61 Å². The van der Waals surface area contributed by atoms with Crippen LogP contribution in [0, 0.1) is 5.92 Å². The second kappa shape index (κ2) is 9.37.